The highest BCUT2D eigenvalue weighted by Gasteiger charge is 2.27. The Kier molecular flexibility index (Phi) is 2.91. The van der Waals surface area contributed by atoms with Gasteiger partial charge in [0.1, 0.15) is 0 Å². The molecule has 2 aromatic rings. The van der Waals surface area contributed by atoms with Gasteiger partial charge in [-0.1, -0.05) is 42.1 Å². The molecule has 0 spiro atoms. The van der Waals surface area contributed by atoms with E-state index in [1.54, 1.807) is 0 Å². The zero-order chi connectivity index (χ0) is 13.4. The van der Waals surface area contributed by atoms with Crippen LogP contribution in [0.4, 0.5) is 5.69 Å². The third-order valence-corrected chi connectivity index (χ3v) is 4.27. The summed E-state index contributed by atoms with van der Waals surface area (Å²) in [5, 5.41) is 0. The van der Waals surface area contributed by atoms with Gasteiger partial charge < -0.3 is 5.73 Å². The number of nitrogen functional groups attached to an aromatic ring is 1. The molecule has 3 heteroatoms. The van der Waals surface area contributed by atoms with Crippen LogP contribution in [-0.2, 0) is 0 Å². The van der Waals surface area contributed by atoms with Crippen molar-refractivity contribution in [2.24, 2.45) is 0 Å². The van der Waals surface area contributed by atoms with Crippen LogP contribution in [0, 0.1) is 6.92 Å². The van der Waals surface area contributed by atoms with E-state index in [-0.39, 0.29) is 5.78 Å². The SMILES string of the molecule is Cc1cccc2c1C(=O)C(=Cc1ccccc1N)S2. The van der Waals surface area contributed by atoms with Crippen LogP contribution in [-0.4, -0.2) is 5.78 Å². The minimum absolute atomic E-state index is 0.0985. The maximum Gasteiger partial charge on any atom is 0.201 e. The second-order valence-corrected chi connectivity index (χ2v) is 5.60. The van der Waals surface area contributed by atoms with Crippen LogP contribution in [0.15, 0.2) is 52.3 Å². The molecule has 3 rings (SSSR count). The van der Waals surface area contributed by atoms with Crippen molar-refractivity contribution < 1.29 is 4.79 Å². The summed E-state index contributed by atoms with van der Waals surface area (Å²) in [4.78, 5) is 14.2. The fraction of sp³-hybridized carbons (Fsp3) is 0.0625. The van der Waals surface area contributed by atoms with Gasteiger partial charge in [0.2, 0.25) is 5.78 Å². The summed E-state index contributed by atoms with van der Waals surface area (Å²) in [5.41, 5.74) is 9.35. The maximum atomic E-state index is 12.4. The Bertz CT molecular complexity index is 704. The maximum absolute atomic E-state index is 12.4. The van der Waals surface area contributed by atoms with Crippen molar-refractivity contribution in [2.45, 2.75) is 11.8 Å². The molecule has 19 heavy (non-hydrogen) atoms. The molecular weight excluding hydrogens is 254 g/mol. The van der Waals surface area contributed by atoms with Crippen molar-refractivity contribution in [3.8, 4) is 0 Å². The van der Waals surface area contributed by atoms with Crippen molar-refractivity contribution in [1.82, 2.24) is 0 Å². The number of thioether (sulfide) groups is 1. The topological polar surface area (TPSA) is 43.1 Å². The second-order valence-electron chi connectivity index (χ2n) is 4.52. The predicted molar refractivity (Wildman–Crippen MR) is 80.2 cm³/mol. The Morgan fingerprint density at radius 1 is 1.11 bits per heavy atom. The van der Waals surface area contributed by atoms with E-state index in [9.17, 15) is 4.79 Å². The first-order chi connectivity index (χ1) is 9.16. The lowest BCUT2D eigenvalue weighted by Crippen LogP contribution is -1.97. The van der Waals surface area contributed by atoms with Crippen molar-refractivity contribution in [1.29, 1.82) is 0 Å². The lowest BCUT2D eigenvalue weighted by molar-refractivity contribution is 0.104. The number of allylic oxidation sites excluding steroid dienone is 1. The first-order valence-electron chi connectivity index (χ1n) is 6.05. The molecule has 0 bridgehead atoms. The number of fused-ring (bicyclic) bond motifs is 1. The molecule has 1 aliphatic rings. The Morgan fingerprint density at radius 2 is 1.89 bits per heavy atom. The van der Waals surface area contributed by atoms with E-state index >= 15 is 0 Å². The Labute approximate surface area is 116 Å². The van der Waals surface area contributed by atoms with Crippen molar-refractivity contribution in [3.05, 3.63) is 64.1 Å². The number of nitrogens with two attached hydrogens (primary N) is 1. The van der Waals surface area contributed by atoms with Gasteiger partial charge in [-0.15, -0.1) is 0 Å². The van der Waals surface area contributed by atoms with Gasteiger partial charge in [0.15, 0.2) is 0 Å². The summed E-state index contributed by atoms with van der Waals surface area (Å²) in [6.45, 7) is 1.97. The van der Waals surface area contributed by atoms with Crippen LogP contribution in [0.2, 0.25) is 0 Å². The van der Waals surface area contributed by atoms with Gasteiger partial charge in [0.05, 0.1) is 4.91 Å². The fourth-order valence-electron chi connectivity index (χ4n) is 2.18. The molecule has 2 N–H and O–H groups in total. The molecule has 2 aromatic carbocycles. The summed E-state index contributed by atoms with van der Waals surface area (Å²) in [7, 11) is 0. The van der Waals surface area contributed by atoms with Crippen LogP contribution in [0.25, 0.3) is 6.08 Å². The van der Waals surface area contributed by atoms with E-state index in [0.717, 1.165) is 26.5 Å². The predicted octanol–water partition coefficient (Wildman–Crippen LogP) is 3.91. The average molecular weight is 267 g/mol. The van der Waals surface area contributed by atoms with Gasteiger partial charge in [0, 0.05) is 16.1 Å². The normalized spacial score (nSPS) is 15.8. The number of benzene rings is 2. The van der Waals surface area contributed by atoms with Gasteiger partial charge in [0.25, 0.3) is 0 Å². The minimum atomic E-state index is 0.0985. The van der Waals surface area contributed by atoms with E-state index in [2.05, 4.69) is 0 Å². The Morgan fingerprint density at radius 3 is 2.63 bits per heavy atom. The standard InChI is InChI=1S/C16H13NOS/c1-10-5-4-8-13-15(10)16(18)14(19-13)9-11-6-2-3-7-12(11)17/h2-9H,17H2,1H3. The van der Waals surface area contributed by atoms with Crippen LogP contribution >= 0.6 is 11.8 Å². The number of carbonyl (C=O) groups is 1. The van der Waals surface area contributed by atoms with E-state index in [1.165, 1.54) is 11.8 Å². The fourth-order valence-corrected chi connectivity index (χ4v) is 3.30. The number of rotatable bonds is 1. The molecule has 0 aromatic heterocycles. The zero-order valence-electron chi connectivity index (χ0n) is 10.5. The highest BCUT2D eigenvalue weighted by Crippen LogP contribution is 2.42. The molecule has 0 radical (unpaired) electrons. The highest BCUT2D eigenvalue weighted by atomic mass is 32.2. The molecule has 2 nitrogen and oxygen atoms in total. The number of hydrogen-bond acceptors (Lipinski definition) is 3. The first-order valence-corrected chi connectivity index (χ1v) is 6.87. The van der Waals surface area contributed by atoms with Gasteiger partial charge in [-0.05, 0) is 36.3 Å². The third kappa shape index (κ3) is 2.06. The summed E-state index contributed by atoms with van der Waals surface area (Å²) in [6, 6.07) is 13.5. The quantitative estimate of drug-likeness (QED) is 0.629. The van der Waals surface area contributed by atoms with Crippen LogP contribution < -0.4 is 5.73 Å². The van der Waals surface area contributed by atoms with E-state index in [4.69, 9.17) is 5.73 Å². The molecule has 94 valence electrons. The smallest absolute Gasteiger partial charge is 0.201 e. The molecule has 0 atom stereocenters. The lowest BCUT2D eigenvalue weighted by atomic mass is 10.0. The number of carbonyl (C=O) groups excluding carboxylic acids is 1. The van der Waals surface area contributed by atoms with E-state index < -0.39 is 0 Å². The molecule has 0 unspecified atom stereocenters. The van der Waals surface area contributed by atoms with Gasteiger partial charge in [-0.3, -0.25) is 4.79 Å². The molecular formula is C16H13NOS. The summed E-state index contributed by atoms with van der Waals surface area (Å²) >= 11 is 1.52. The average Bonchev–Trinajstić information content (AvgIpc) is 2.71. The Hall–Kier alpha value is -2.00. The molecule has 0 saturated carbocycles. The zero-order valence-corrected chi connectivity index (χ0v) is 11.3. The number of Topliss-reactive ketones (excluding diaryl/α,β-unsaturated/α-hetero) is 1. The second kappa shape index (κ2) is 4.59. The van der Waals surface area contributed by atoms with Crippen molar-refractivity contribution >= 4 is 29.3 Å². The summed E-state index contributed by atoms with van der Waals surface area (Å²) in [5.74, 6) is 0.0985. The molecule has 0 aliphatic carbocycles. The minimum Gasteiger partial charge on any atom is -0.398 e. The molecule has 1 heterocycles. The van der Waals surface area contributed by atoms with Gasteiger partial charge in [-0.25, -0.2) is 0 Å². The largest absolute Gasteiger partial charge is 0.398 e. The lowest BCUT2D eigenvalue weighted by Gasteiger charge is -2.00. The van der Waals surface area contributed by atoms with Crippen LogP contribution in [0.1, 0.15) is 21.5 Å². The van der Waals surface area contributed by atoms with Crippen LogP contribution in [0.5, 0.6) is 0 Å². The number of hydrogen-bond donors (Lipinski definition) is 1. The molecule has 1 aliphatic heterocycles. The summed E-state index contributed by atoms with van der Waals surface area (Å²) < 4.78 is 0. The molecule has 0 amide bonds. The van der Waals surface area contributed by atoms with Crippen molar-refractivity contribution in [3.63, 3.8) is 0 Å². The van der Waals surface area contributed by atoms with Crippen LogP contribution in [0.3, 0.4) is 0 Å². The monoisotopic (exact) mass is 267 g/mol. The third-order valence-electron chi connectivity index (χ3n) is 3.19. The molecule has 0 fully saturated rings. The number of ketones is 1. The molecule has 0 saturated heterocycles. The van der Waals surface area contributed by atoms with Crippen molar-refractivity contribution in [2.75, 3.05) is 5.73 Å². The number of para-hydroxylation sites is 1. The summed E-state index contributed by atoms with van der Waals surface area (Å²) in [6.07, 6.45) is 1.88. The number of anilines is 1. The Balaban J connectivity index is 2.05. The van der Waals surface area contributed by atoms with E-state index in [1.807, 2.05) is 55.5 Å². The highest BCUT2D eigenvalue weighted by molar-refractivity contribution is 8.04. The van der Waals surface area contributed by atoms with Gasteiger partial charge >= 0.3 is 0 Å². The van der Waals surface area contributed by atoms with E-state index in [0.29, 0.717) is 5.69 Å². The number of aryl methyl sites for hydroxylation is 1. The van der Waals surface area contributed by atoms with Gasteiger partial charge in [-0.2, -0.15) is 0 Å². The first kappa shape index (κ1) is 12.1.